The van der Waals surface area contributed by atoms with Crippen LogP contribution in [0, 0.1) is 23.2 Å². The van der Waals surface area contributed by atoms with Crippen molar-refractivity contribution < 1.29 is 14.7 Å². The molecule has 0 heterocycles. The first-order valence-corrected chi connectivity index (χ1v) is 7.99. The molecule has 0 radical (unpaired) electrons. The fourth-order valence-corrected chi connectivity index (χ4v) is 3.52. The van der Waals surface area contributed by atoms with Crippen LogP contribution in [0.4, 0.5) is 0 Å². The molecule has 3 unspecified atom stereocenters. The summed E-state index contributed by atoms with van der Waals surface area (Å²) in [5, 5.41) is 9.07. The molecule has 3 atom stereocenters. The Bertz CT molecular complexity index is 418. The highest BCUT2D eigenvalue weighted by Crippen LogP contribution is 2.45. The maximum atomic E-state index is 12.9. The largest absolute Gasteiger partial charge is 0.480 e. The van der Waals surface area contributed by atoms with Gasteiger partial charge in [0.1, 0.15) is 6.54 Å². The third kappa shape index (κ3) is 3.57. The Labute approximate surface area is 126 Å². The van der Waals surface area contributed by atoms with E-state index in [2.05, 4.69) is 20.8 Å². The van der Waals surface area contributed by atoms with Gasteiger partial charge in [0.2, 0.25) is 5.91 Å². The number of carboxylic acid groups (broad SMARTS) is 1. The monoisotopic (exact) mass is 296 g/mol. The Balaban J connectivity index is 2.12. The Kier molecular flexibility index (Phi) is 4.61. The summed E-state index contributed by atoms with van der Waals surface area (Å²) in [6.45, 7) is 6.71. The van der Waals surface area contributed by atoms with Gasteiger partial charge in [0.05, 0.1) is 0 Å². The predicted octanol–water partition coefficient (Wildman–Crippen LogP) is 1.71. The quantitative estimate of drug-likeness (QED) is 0.809. The SMILES string of the molecule is CC1C(N)CCC(C(=O)N(CC(=O)O)CC2CC2)C1(C)C. The minimum Gasteiger partial charge on any atom is -0.480 e. The van der Waals surface area contributed by atoms with Gasteiger partial charge in [-0.05, 0) is 42.9 Å². The van der Waals surface area contributed by atoms with E-state index in [1.807, 2.05) is 0 Å². The van der Waals surface area contributed by atoms with Crippen LogP contribution in [0.2, 0.25) is 0 Å². The standard InChI is InChI=1S/C16H28N2O3/c1-10-13(17)7-6-12(16(10,2)3)15(21)18(9-14(19)20)8-11-4-5-11/h10-13H,4-9,17H2,1-3H3,(H,19,20). The van der Waals surface area contributed by atoms with E-state index >= 15 is 0 Å². The minimum atomic E-state index is -0.928. The number of nitrogens with zero attached hydrogens (tertiary/aromatic N) is 1. The lowest BCUT2D eigenvalue weighted by molar-refractivity contribution is -0.151. The van der Waals surface area contributed by atoms with Crippen LogP contribution in [0.1, 0.15) is 46.5 Å². The first-order chi connectivity index (χ1) is 9.73. The Hall–Kier alpha value is -1.10. The highest BCUT2D eigenvalue weighted by molar-refractivity contribution is 5.83. The van der Waals surface area contributed by atoms with Gasteiger partial charge in [-0.3, -0.25) is 9.59 Å². The molecule has 0 aliphatic heterocycles. The van der Waals surface area contributed by atoms with Gasteiger partial charge in [-0.25, -0.2) is 0 Å². The molecule has 0 aromatic heterocycles. The summed E-state index contributed by atoms with van der Waals surface area (Å²) in [7, 11) is 0. The highest BCUT2D eigenvalue weighted by Gasteiger charge is 2.46. The highest BCUT2D eigenvalue weighted by atomic mass is 16.4. The number of nitrogens with two attached hydrogens (primary N) is 1. The maximum absolute atomic E-state index is 12.9. The molecule has 2 rings (SSSR count). The molecule has 2 aliphatic carbocycles. The van der Waals surface area contributed by atoms with Gasteiger partial charge in [-0.2, -0.15) is 0 Å². The lowest BCUT2D eigenvalue weighted by atomic mass is 9.60. The molecule has 0 spiro atoms. The third-order valence-electron chi connectivity index (χ3n) is 5.61. The van der Waals surface area contributed by atoms with Gasteiger partial charge in [0.25, 0.3) is 0 Å². The van der Waals surface area contributed by atoms with E-state index in [-0.39, 0.29) is 35.7 Å². The van der Waals surface area contributed by atoms with Crippen LogP contribution in [0.15, 0.2) is 0 Å². The molecular formula is C16H28N2O3. The maximum Gasteiger partial charge on any atom is 0.323 e. The van der Waals surface area contributed by atoms with E-state index in [4.69, 9.17) is 10.8 Å². The van der Waals surface area contributed by atoms with Crippen LogP contribution in [0.5, 0.6) is 0 Å². The number of carbonyl (C=O) groups excluding carboxylic acids is 1. The van der Waals surface area contributed by atoms with Gasteiger partial charge in [-0.1, -0.05) is 20.8 Å². The Morgan fingerprint density at radius 3 is 2.38 bits per heavy atom. The van der Waals surface area contributed by atoms with Crippen molar-refractivity contribution in [2.24, 2.45) is 28.9 Å². The second-order valence-electron chi connectivity index (χ2n) is 7.46. The van der Waals surface area contributed by atoms with Crippen LogP contribution >= 0.6 is 0 Å². The van der Waals surface area contributed by atoms with E-state index < -0.39 is 5.97 Å². The van der Waals surface area contributed by atoms with Crippen LogP contribution in [0.3, 0.4) is 0 Å². The van der Waals surface area contributed by atoms with Crippen LogP contribution < -0.4 is 5.73 Å². The molecule has 3 N–H and O–H groups in total. The second-order valence-corrected chi connectivity index (χ2v) is 7.46. The van der Waals surface area contributed by atoms with Gasteiger partial charge in [0.15, 0.2) is 0 Å². The second kappa shape index (κ2) is 5.95. The number of carboxylic acids is 1. The number of amides is 1. The summed E-state index contributed by atoms with van der Waals surface area (Å²) >= 11 is 0. The zero-order valence-corrected chi connectivity index (χ0v) is 13.3. The summed E-state index contributed by atoms with van der Waals surface area (Å²) in [5.41, 5.74) is 5.96. The number of hydrogen-bond donors (Lipinski definition) is 2. The fourth-order valence-electron chi connectivity index (χ4n) is 3.52. The molecule has 2 aliphatic rings. The molecule has 120 valence electrons. The molecule has 0 aromatic rings. The average molecular weight is 296 g/mol. The summed E-state index contributed by atoms with van der Waals surface area (Å²) in [6.07, 6.45) is 3.82. The van der Waals surface area contributed by atoms with Crippen LogP contribution in [-0.2, 0) is 9.59 Å². The summed E-state index contributed by atoms with van der Waals surface area (Å²) in [6, 6.07) is 0.125. The number of hydrogen-bond acceptors (Lipinski definition) is 3. The molecule has 5 heteroatoms. The molecular weight excluding hydrogens is 268 g/mol. The van der Waals surface area contributed by atoms with E-state index in [1.54, 1.807) is 4.90 Å². The number of aliphatic carboxylic acids is 1. The number of carbonyl (C=O) groups is 2. The lowest BCUT2D eigenvalue weighted by Gasteiger charge is -2.47. The first kappa shape index (κ1) is 16.3. The topological polar surface area (TPSA) is 83.6 Å². The first-order valence-electron chi connectivity index (χ1n) is 7.99. The average Bonchev–Trinajstić information content (AvgIpc) is 3.18. The van der Waals surface area contributed by atoms with E-state index in [1.165, 1.54) is 0 Å². The van der Waals surface area contributed by atoms with Gasteiger partial charge in [-0.15, -0.1) is 0 Å². The van der Waals surface area contributed by atoms with Crippen molar-refractivity contribution in [1.82, 2.24) is 4.90 Å². The van der Waals surface area contributed by atoms with Gasteiger partial charge < -0.3 is 15.7 Å². The van der Waals surface area contributed by atoms with Crippen molar-refractivity contribution in [1.29, 1.82) is 0 Å². The molecule has 5 nitrogen and oxygen atoms in total. The summed E-state index contributed by atoms with van der Waals surface area (Å²) < 4.78 is 0. The van der Waals surface area contributed by atoms with Gasteiger partial charge in [0, 0.05) is 18.5 Å². The fraction of sp³-hybridized carbons (Fsp3) is 0.875. The number of rotatable bonds is 5. The lowest BCUT2D eigenvalue weighted by Crippen LogP contribution is -2.53. The summed E-state index contributed by atoms with van der Waals surface area (Å²) in [4.78, 5) is 25.5. The van der Waals surface area contributed by atoms with Gasteiger partial charge >= 0.3 is 5.97 Å². The summed E-state index contributed by atoms with van der Waals surface area (Å²) in [5.74, 6) is -0.284. The van der Waals surface area contributed by atoms with Crippen LogP contribution in [-0.4, -0.2) is 41.0 Å². The molecule has 0 saturated heterocycles. The molecule has 2 fully saturated rings. The molecule has 0 aromatic carbocycles. The Morgan fingerprint density at radius 1 is 1.24 bits per heavy atom. The normalized spacial score (nSPS) is 31.7. The zero-order valence-electron chi connectivity index (χ0n) is 13.3. The van der Waals surface area contributed by atoms with Crippen molar-refractivity contribution in [3.05, 3.63) is 0 Å². The third-order valence-corrected chi connectivity index (χ3v) is 5.61. The molecule has 21 heavy (non-hydrogen) atoms. The van der Waals surface area contributed by atoms with Crippen molar-refractivity contribution in [2.45, 2.75) is 52.5 Å². The van der Waals surface area contributed by atoms with Crippen molar-refractivity contribution >= 4 is 11.9 Å². The van der Waals surface area contributed by atoms with Crippen molar-refractivity contribution in [3.63, 3.8) is 0 Å². The molecule has 2 saturated carbocycles. The van der Waals surface area contributed by atoms with Crippen LogP contribution in [0.25, 0.3) is 0 Å². The predicted molar refractivity (Wildman–Crippen MR) is 80.6 cm³/mol. The zero-order chi connectivity index (χ0) is 15.8. The minimum absolute atomic E-state index is 0.00745. The molecule has 1 amide bonds. The van der Waals surface area contributed by atoms with Crippen molar-refractivity contribution in [2.75, 3.05) is 13.1 Å². The Morgan fingerprint density at radius 2 is 1.86 bits per heavy atom. The van der Waals surface area contributed by atoms with E-state index in [9.17, 15) is 9.59 Å². The van der Waals surface area contributed by atoms with Crippen molar-refractivity contribution in [3.8, 4) is 0 Å². The van der Waals surface area contributed by atoms with E-state index in [0.29, 0.717) is 12.5 Å². The molecule has 0 bridgehead atoms. The van der Waals surface area contributed by atoms with E-state index in [0.717, 1.165) is 25.7 Å². The smallest absolute Gasteiger partial charge is 0.323 e.